The number of aliphatic hydroxyl groups is 1. The Kier molecular flexibility index (Phi) is 3.98. The topological polar surface area (TPSA) is 61.6 Å². The van der Waals surface area contributed by atoms with Crippen LogP contribution in [0.3, 0.4) is 0 Å². The molecule has 0 saturated carbocycles. The van der Waals surface area contributed by atoms with E-state index in [2.05, 4.69) is 10.00 Å². The molecule has 0 unspecified atom stereocenters. The van der Waals surface area contributed by atoms with Crippen LogP contribution in [0.15, 0.2) is 6.07 Å². The molecule has 1 N–H and O–H groups in total. The highest BCUT2D eigenvalue weighted by molar-refractivity contribution is 5.92. The van der Waals surface area contributed by atoms with E-state index in [0.717, 1.165) is 18.8 Å². The minimum Gasteiger partial charge on any atom is -0.395 e. The van der Waals surface area contributed by atoms with Crippen LogP contribution in [0, 0.1) is 6.92 Å². The van der Waals surface area contributed by atoms with E-state index < -0.39 is 0 Å². The molecule has 2 heterocycles. The van der Waals surface area contributed by atoms with Gasteiger partial charge in [-0.25, -0.2) is 0 Å². The standard InChI is InChI=1S/C12H20N4O2/c1-10-9-11(14(2)13-10)12(18)16-5-3-15(4-6-16)7-8-17/h9,17H,3-8H2,1-2H3. The first-order valence-corrected chi connectivity index (χ1v) is 6.25. The third-order valence-electron chi connectivity index (χ3n) is 3.30. The van der Waals surface area contributed by atoms with Crippen LogP contribution in [0.2, 0.25) is 0 Å². The van der Waals surface area contributed by atoms with Crippen molar-refractivity contribution in [3.63, 3.8) is 0 Å². The molecule has 1 aliphatic rings. The van der Waals surface area contributed by atoms with E-state index in [0.29, 0.717) is 25.3 Å². The summed E-state index contributed by atoms with van der Waals surface area (Å²) in [6.07, 6.45) is 0. The van der Waals surface area contributed by atoms with Gasteiger partial charge in [0, 0.05) is 39.8 Å². The molecular formula is C12H20N4O2. The van der Waals surface area contributed by atoms with Crippen molar-refractivity contribution in [3.8, 4) is 0 Å². The van der Waals surface area contributed by atoms with Gasteiger partial charge >= 0.3 is 0 Å². The van der Waals surface area contributed by atoms with Gasteiger partial charge in [-0.3, -0.25) is 14.4 Å². The summed E-state index contributed by atoms with van der Waals surface area (Å²) in [5, 5.41) is 13.1. The first-order chi connectivity index (χ1) is 8.61. The van der Waals surface area contributed by atoms with Crippen LogP contribution >= 0.6 is 0 Å². The molecule has 1 aromatic rings. The summed E-state index contributed by atoms with van der Waals surface area (Å²) in [6, 6.07) is 1.82. The predicted molar refractivity (Wildman–Crippen MR) is 67.4 cm³/mol. The third kappa shape index (κ3) is 2.70. The number of carbonyl (C=O) groups excluding carboxylic acids is 1. The lowest BCUT2D eigenvalue weighted by Gasteiger charge is -2.34. The Bertz CT molecular complexity index is 422. The summed E-state index contributed by atoms with van der Waals surface area (Å²) in [7, 11) is 1.79. The highest BCUT2D eigenvalue weighted by Gasteiger charge is 2.23. The van der Waals surface area contributed by atoms with Gasteiger partial charge in [-0.05, 0) is 13.0 Å². The number of amides is 1. The van der Waals surface area contributed by atoms with E-state index in [4.69, 9.17) is 5.11 Å². The van der Waals surface area contributed by atoms with Gasteiger partial charge in [-0.1, -0.05) is 0 Å². The average molecular weight is 252 g/mol. The van der Waals surface area contributed by atoms with Crippen LogP contribution in [0.4, 0.5) is 0 Å². The quantitative estimate of drug-likeness (QED) is 0.786. The molecule has 100 valence electrons. The maximum atomic E-state index is 12.3. The lowest BCUT2D eigenvalue weighted by atomic mass is 10.2. The fraction of sp³-hybridized carbons (Fsp3) is 0.667. The number of carbonyl (C=O) groups is 1. The molecule has 6 heteroatoms. The van der Waals surface area contributed by atoms with E-state index in [9.17, 15) is 4.79 Å². The number of piperazine rings is 1. The van der Waals surface area contributed by atoms with Gasteiger partial charge in [0.15, 0.2) is 0 Å². The van der Waals surface area contributed by atoms with Gasteiger partial charge in [-0.2, -0.15) is 5.10 Å². The van der Waals surface area contributed by atoms with Crippen molar-refractivity contribution in [2.75, 3.05) is 39.3 Å². The SMILES string of the molecule is Cc1cc(C(=O)N2CCN(CCO)CC2)n(C)n1. The second-order valence-electron chi connectivity index (χ2n) is 4.65. The van der Waals surface area contributed by atoms with Crippen LogP contribution in [-0.2, 0) is 7.05 Å². The van der Waals surface area contributed by atoms with E-state index in [-0.39, 0.29) is 12.5 Å². The number of aliphatic hydroxyl groups excluding tert-OH is 1. The van der Waals surface area contributed by atoms with Crippen LogP contribution in [0.1, 0.15) is 16.2 Å². The Labute approximate surface area is 107 Å². The summed E-state index contributed by atoms with van der Waals surface area (Å²) in [4.78, 5) is 16.3. The Morgan fingerprint density at radius 2 is 2.06 bits per heavy atom. The highest BCUT2D eigenvalue weighted by atomic mass is 16.3. The normalized spacial score (nSPS) is 17.2. The maximum Gasteiger partial charge on any atom is 0.272 e. The number of rotatable bonds is 3. The number of nitrogens with zero attached hydrogens (tertiary/aromatic N) is 4. The molecule has 0 aliphatic carbocycles. The number of aryl methyl sites for hydroxylation is 2. The maximum absolute atomic E-state index is 12.3. The minimum absolute atomic E-state index is 0.0433. The molecule has 0 aromatic carbocycles. The van der Waals surface area contributed by atoms with E-state index in [1.54, 1.807) is 11.7 Å². The van der Waals surface area contributed by atoms with E-state index in [1.165, 1.54) is 0 Å². The lowest BCUT2D eigenvalue weighted by molar-refractivity contribution is 0.0604. The summed E-state index contributed by atoms with van der Waals surface area (Å²) in [6.45, 7) is 5.82. The molecule has 0 spiro atoms. The molecule has 1 amide bonds. The summed E-state index contributed by atoms with van der Waals surface area (Å²) in [5.74, 6) is 0.0433. The smallest absolute Gasteiger partial charge is 0.272 e. The molecule has 0 bridgehead atoms. The van der Waals surface area contributed by atoms with Crippen LogP contribution < -0.4 is 0 Å². The van der Waals surface area contributed by atoms with Crippen molar-refractivity contribution < 1.29 is 9.90 Å². The summed E-state index contributed by atoms with van der Waals surface area (Å²) >= 11 is 0. The zero-order valence-electron chi connectivity index (χ0n) is 11.0. The number of β-amino-alcohol motifs (C(OH)–C–C–N with tert-alkyl or cyclic N) is 1. The molecule has 2 rings (SSSR count). The molecular weight excluding hydrogens is 232 g/mol. The van der Waals surface area contributed by atoms with Gasteiger partial charge in [0.2, 0.25) is 0 Å². The first kappa shape index (κ1) is 13.0. The van der Waals surface area contributed by atoms with Crippen molar-refractivity contribution in [1.82, 2.24) is 19.6 Å². The fourth-order valence-corrected chi connectivity index (χ4v) is 2.29. The molecule has 1 fully saturated rings. The first-order valence-electron chi connectivity index (χ1n) is 6.25. The zero-order chi connectivity index (χ0) is 13.1. The Morgan fingerprint density at radius 3 is 2.56 bits per heavy atom. The second-order valence-corrected chi connectivity index (χ2v) is 4.65. The van der Waals surface area contributed by atoms with Gasteiger partial charge in [-0.15, -0.1) is 0 Å². The average Bonchev–Trinajstić information content (AvgIpc) is 2.69. The highest BCUT2D eigenvalue weighted by Crippen LogP contribution is 2.09. The second kappa shape index (κ2) is 5.49. The van der Waals surface area contributed by atoms with Crippen molar-refractivity contribution in [2.45, 2.75) is 6.92 Å². The number of hydrogen-bond acceptors (Lipinski definition) is 4. The third-order valence-corrected chi connectivity index (χ3v) is 3.30. The van der Waals surface area contributed by atoms with Crippen molar-refractivity contribution in [3.05, 3.63) is 17.5 Å². The fourth-order valence-electron chi connectivity index (χ4n) is 2.29. The van der Waals surface area contributed by atoms with Crippen molar-refractivity contribution >= 4 is 5.91 Å². The van der Waals surface area contributed by atoms with Crippen LogP contribution in [0.25, 0.3) is 0 Å². The summed E-state index contributed by atoms with van der Waals surface area (Å²) in [5.41, 5.74) is 1.50. The molecule has 1 aliphatic heterocycles. The Balaban J connectivity index is 1.97. The predicted octanol–water partition coefficient (Wildman–Crippen LogP) is -0.521. The monoisotopic (exact) mass is 252 g/mol. The molecule has 18 heavy (non-hydrogen) atoms. The molecule has 1 aromatic heterocycles. The Hall–Kier alpha value is -1.40. The lowest BCUT2D eigenvalue weighted by Crippen LogP contribution is -2.49. The zero-order valence-corrected chi connectivity index (χ0v) is 11.0. The largest absolute Gasteiger partial charge is 0.395 e. The van der Waals surface area contributed by atoms with Gasteiger partial charge < -0.3 is 10.0 Å². The van der Waals surface area contributed by atoms with Gasteiger partial charge in [0.1, 0.15) is 5.69 Å². The molecule has 0 atom stereocenters. The van der Waals surface area contributed by atoms with Crippen LogP contribution in [-0.4, -0.2) is 69.9 Å². The van der Waals surface area contributed by atoms with Crippen molar-refractivity contribution in [2.24, 2.45) is 7.05 Å². The van der Waals surface area contributed by atoms with Gasteiger partial charge in [0.05, 0.1) is 12.3 Å². The number of aromatic nitrogens is 2. The number of hydrogen-bond donors (Lipinski definition) is 1. The van der Waals surface area contributed by atoms with Crippen LogP contribution in [0.5, 0.6) is 0 Å². The summed E-state index contributed by atoms with van der Waals surface area (Å²) < 4.78 is 1.64. The molecule has 0 radical (unpaired) electrons. The Morgan fingerprint density at radius 1 is 1.39 bits per heavy atom. The van der Waals surface area contributed by atoms with E-state index >= 15 is 0 Å². The van der Waals surface area contributed by atoms with E-state index in [1.807, 2.05) is 17.9 Å². The molecule has 6 nitrogen and oxygen atoms in total. The minimum atomic E-state index is 0.0433. The van der Waals surface area contributed by atoms with Gasteiger partial charge in [0.25, 0.3) is 5.91 Å². The molecule has 1 saturated heterocycles. The van der Waals surface area contributed by atoms with Crippen molar-refractivity contribution in [1.29, 1.82) is 0 Å².